The fourth-order valence-electron chi connectivity index (χ4n) is 1.29. The molecule has 0 saturated heterocycles. The molecule has 2 rings (SSSR count). The molecule has 1 aromatic heterocycles. The summed E-state index contributed by atoms with van der Waals surface area (Å²) in [6, 6.07) is 0. The number of hydrogen-bond acceptors (Lipinski definition) is 3. The SMILES string of the molecule is Cc1cnc(NC(=O)[C@@]2(C)CC2(Br)Br)s1. The van der Waals surface area contributed by atoms with Crippen molar-refractivity contribution in [2.24, 2.45) is 5.41 Å². The lowest BCUT2D eigenvalue weighted by Gasteiger charge is -2.10. The quantitative estimate of drug-likeness (QED) is 0.829. The van der Waals surface area contributed by atoms with Gasteiger partial charge in [0.15, 0.2) is 5.13 Å². The van der Waals surface area contributed by atoms with Gasteiger partial charge in [-0.3, -0.25) is 4.79 Å². The van der Waals surface area contributed by atoms with E-state index in [1.54, 1.807) is 6.20 Å². The fraction of sp³-hybridized carbons (Fsp3) is 0.556. The van der Waals surface area contributed by atoms with E-state index in [4.69, 9.17) is 0 Å². The van der Waals surface area contributed by atoms with Crippen LogP contribution in [-0.4, -0.2) is 14.1 Å². The average Bonchev–Trinajstić information content (AvgIpc) is 2.47. The van der Waals surface area contributed by atoms with Crippen LogP contribution >= 0.6 is 43.2 Å². The molecule has 0 bridgehead atoms. The van der Waals surface area contributed by atoms with Crippen molar-refractivity contribution < 1.29 is 4.79 Å². The van der Waals surface area contributed by atoms with Crippen LogP contribution in [-0.2, 0) is 4.79 Å². The van der Waals surface area contributed by atoms with Crippen molar-refractivity contribution in [1.82, 2.24) is 4.98 Å². The lowest BCUT2D eigenvalue weighted by Crippen LogP contribution is -2.25. The van der Waals surface area contributed by atoms with Gasteiger partial charge in [-0.15, -0.1) is 11.3 Å². The highest BCUT2D eigenvalue weighted by Crippen LogP contribution is 2.66. The molecule has 0 aromatic carbocycles. The van der Waals surface area contributed by atoms with Crippen LogP contribution in [0.4, 0.5) is 5.13 Å². The first-order chi connectivity index (χ1) is 6.85. The summed E-state index contributed by atoms with van der Waals surface area (Å²) >= 11 is 8.42. The second kappa shape index (κ2) is 3.53. The van der Waals surface area contributed by atoms with Crippen molar-refractivity contribution in [3.8, 4) is 0 Å². The predicted molar refractivity (Wildman–Crippen MR) is 68.8 cm³/mol. The molecule has 82 valence electrons. The largest absolute Gasteiger partial charge is 0.301 e. The Bertz CT molecular complexity index is 418. The van der Waals surface area contributed by atoms with E-state index in [1.807, 2.05) is 13.8 Å². The molecule has 1 heterocycles. The number of nitrogens with one attached hydrogen (secondary N) is 1. The lowest BCUT2D eigenvalue weighted by atomic mass is 10.1. The van der Waals surface area contributed by atoms with Crippen molar-refractivity contribution in [2.75, 3.05) is 5.32 Å². The molecular formula is C9H10Br2N2OS. The number of carbonyl (C=O) groups is 1. The van der Waals surface area contributed by atoms with Gasteiger partial charge in [-0.2, -0.15) is 0 Å². The molecular weight excluding hydrogens is 344 g/mol. The summed E-state index contributed by atoms with van der Waals surface area (Å²) in [6.45, 7) is 3.89. The molecule has 1 aliphatic carbocycles. The zero-order valence-corrected chi connectivity index (χ0v) is 12.3. The van der Waals surface area contributed by atoms with Crippen LogP contribution in [0, 0.1) is 12.3 Å². The second-order valence-corrected chi connectivity index (χ2v) is 8.95. The number of anilines is 1. The molecule has 1 saturated carbocycles. The Morgan fingerprint density at radius 3 is 2.67 bits per heavy atom. The Morgan fingerprint density at radius 1 is 1.67 bits per heavy atom. The van der Waals surface area contributed by atoms with Crippen LogP contribution in [0.2, 0.25) is 0 Å². The van der Waals surface area contributed by atoms with Gasteiger partial charge in [-0.25, -0.2) is 4.98 Å². The van der Waals surface area contributed by atoms with E-state index in [1.165, 1.54) is 11.3 Å². The summed E-state index contributed by atoms with van der Waals surface area (Å²) in [5.74, 6) is 0.00519. The first-order valence-corrected chi connectivity index (χ1v) is 6.87. The summed E-state index contributed by atoms with van der Waals surface area (Å²) in [5, 5.41) is 3.50. The third kappa shape index (κ3) is 1.99. The zero-order valence-electron chi connectivity index (χ0n) is 8.30. The molecule has 1 fully saturated rings. The van der Waals surface area contributed by atoms with Gasteiger partial charge in [0.05, 0.1) is 8.65 Å². The average molecular weight is 354 g/mol. The highest BCUT2D eigenvalue weighted by atomic mass is 79.9. The van der Waals surface area contributed by atoms with Crippen molar-refractivity contribution in [1.29, 1.82) is 0 Å². The highest BCUT2D eigenvalue weighted by Gasteiger charge is 2.66. The molecule has 0 unspecified atom stereocenters. The molecule has 1 amide bonds. The molecule has 15 heavy (non-hydrogen) atoms. The van der Waals surface area contributed by atoms with Crippen LogP contribution < -0.4 is 5.32 Å². The Morgan fingerprint density at radius 2 is 2.27 bits per heavy atom. The maximum atomic E-state index is 11.9. The molecule has 1 aromatic rings. The van der Waals surface area contributed by atoms with Gasteiger partial charge in [-0.05, 0) is 20.3 Å². The predicted octanol–water partition coefficient (Wildman–Crippen LogP) is 3.29. The van der Waals surface area contributed by atoms with Gasteiger partial charge in [0.25, 0.3) is 0 Å². The maximum Gasteiger partial charge on any atom is 0.234 e. The highest BCUT2D eigenvalue weighted by molar-refractivity contribution is 9.25. The van der Waals surface area contributed by atoms with E-state index in [9.17, 15) is 4.79 Å². The number of alkyl halides is 2. The zero-order chi connectivity index (χ0) is 11.3. The Labute approximate surface area is 109 Å². The number of aryl methyl sites for hydroxylation is 1. The standard InChI is InChI=1S/C9H10Br2N2OS/c1-5-3-12-7(15-5)13-6(14)8(2)4-9(8,10)11/h3H,4H2,1-2H3,(H,12,13,14)/t8-/m1/s1. The molecule has 3 nitrogen and oxygen atoms in total. The summed E-state index contributed by atoms with van der Waals surface area (Å²) in [4.78, 5) is 17.1. The summed E-state index contributed by atoms with van der Waals surface area (Å²) in [7, 11) is 0. The van der Waals surface area contributed by atoms with Crippen LogP contribution in [0.3, 0.4) is 0 Å². The Balaban J connectivity index is 2.06. The second-order valence-electron chi connectivity index (χ2n) is 3.94. The molecule has 1 N–H and O–H groups in total. The monoisotopic (exact) mass is 352 g/mol. The maximum absolute atomic E-state index is 11.9. The molecule has 6 heteroatoms. The molecule has 0 radical (unpaired) electrons. The van der Waals surface area contributed by atoms with Gasteiger partial charge >= 0.3 is 0 Å². The Kier molecular flexibility index (Phi) is 2.72. The van der Waals surface area contributed by atoms with Crippen molar-refractivity contribution in [3.05, 3.63) is 11.1 Å². The fourth-order valence-corrected chi connectivity index (χ4v) is 3.43. The summed E-state index contributed by atoms with van der Waals surface area (Å²) < 4.78 is -0.247. The minimum Gasteiger partial charge on any atom is -0.301 e. The van der Waals surface area contributed by atoms with E-state index < -0.39 is 0 Å². The number of nitrogens with zero attached hydrogens (tertiary/aromatic N) is 1. The molecule has 1 atom stereocenters. The minimum atomic E-state index is -0.382. The van der Waals surface area contributed by atoms with E-state index in [0.717, 1.165) is 11.3 Å². The van der Waals surface area contributed by atoms with Gasteiger partial charge in [0.2, 0.25) is 5.91 Å². The van der Waals surface area contributed by atoms with Crippen LogP contribution in [0.1, 0.15) is 18.2 Å². The number of hydrogen-bond donors (Lipinski definition) is 1. The molecule has 0 aliphatic heterocycles. The van der Waals surface area contributed by atoms with E-state index in [-0.39, 0.29) is 14.6 Å². The van der Waals surface area contributed by atoms with Gasteiger partial charge < -0.3 is 5.32 Å². The third-order valence-corrected chi connectivity index (χ3v) is 5.74. The first kappa shape index (κ1) is 11.5. The number of carbonyl (C=O) groups excluding carboxylic acids is 1. The smallest absolute Gasteiger partial charge is 0.234 e. The van der Waals surface area contributed by atoms with Crippen molar-refractivity contribution in [2.45, 2.75) is 23.5 Å². The van der Waals surface area contributed by atoms with Crippen molar-refractivity contribution >= 4 is 54.2 Å². The topological polar surface area (TPSA) is 42.0 Å². The summed E-state index contributed by atoms with van der Waals surface area (Å²) in [5.41, 5.74) is -0.382. The van der Waals surface area contributed by atoms with Crippen LogP contribution in [0.15, 0.2) is 6.20 Å². The normalized spacial score (nSPS) is 27.5. The molecule has 0 spiro atoms. The Hall–Kier alpha value is 0.0600. The number of thiazole rings is 1. The van der Waals surface area contributed by atoms with E-state index in [0.29, 0.717) is 5.13 Å². The summed E-state index contributed by atoms with van der Waals surface area (Å²) in [6.07, 6.45) is 2.54. The van der Waals surface area contributed by atoms with Crippen molar-refractivity contribution in [3.63, 3.8) is 0 Å². The minimum absolute atomic E-state index is 0.00519. The third-order valence-electron chi connectivity index (χ3n) is 2.60. The first-order valence-electron chi connectivity index (χ1n) is 4.47. The van der Waals surface area contributed by atoms with E-state index >= 15 is 0 Å². The number of amides is 1. The van der Waals surface area contributed by atoms with Gasteiger partial charge in [0.1, 0.15) is 0 Å². The lowest BCUT2D eigenvalue weighted by molar-refractivity contribution is -0.120. The molecule has 1 aliphatic rings. The number of aromatic nitrogens is 1. The number of halogens is 2. The van der Waals surface area contributed by atoms with Crippen LogP contribution in [0.25, 0.3) is 0 Å². The van der Waals surface area contributed by atoms with Gasteiger partial charge in [0, 0.05) is 11.1 Å². The van der Waals surface area contributed by atoms with Gasteiger partial charge in [-0.1, -0.05) is 31.9 Å². The number of rotatable bonds is 2. The van der Waals surface area contributed by atoms with E-state index in [2.05, 4.69) is 42.2 Å². The van der Waals surface area contributed by atoms with Crippen LogP contribution in [0.5, 0.6) is 0 Å².